The maximum atomic E-state index is 11.6. The molecule has 4 bridgehead atoms. The number of aromatic amines is 1. The third-order valence-corrected chi connectivity index (χ3v) is 8.78. The van der Waals surface area contributed by atoms with Crippen molar-refractivity contribution in [1.82, 2.24) is 20.2 Å². The molecular formula is C27H29N7O. The number of nitrogen functional groups attached to an aromatic ring is 1. The van der Waals surface area contributed by atoms with E-state index in [2.05, 4.69) is 26.6 Å². The number of primary amides is 1. The first-order valence-electron chi connectivity index (χ1n) is 12.6. The average Bonchev–Trinajstić information content (AvgIpc) is 3.25. The molecule has 2 heterocycles. The van der Waals surface area contributed by atoms with Crippen molar-refractivity contribution in [2.45, 2.75) is 32.1 Å². The number of H-pyrrole nitrogens is 1. The van der Waals surface area contributed by atoms with Crippen LogP contribution in [0.4, 0.5) is 11.6 Å². The van der Waals surface area contributed by atoms with E-state index in [0.29, 0.717) is 10.9 Å². The number of carbonyl (C=O) groups is 1. The fourth-order valence-electron chi connectivity index (χ4n) is 7.41. The molecular weight excluding hydrogens is 438 g/mol. The first-order chi connectivity index (χ1) is 17.0. The Morgan fingerprint density at radius 1 is 1.03 bits per heavy atom. The lowest BCUT2D eigenvalue weighted by Crippen LogP contribution is -2.47. The molecule has 0 unspecified atom stereocenters. The summed E-state index contributed by atoms with van der Waals surface area (Å²) in [5.74, 6) is 4.70. The Bertz CT molecular complexity index is 1450. The van der Waals surface area contributed by atoms with Gasteiger partial charge < -0.3 is 21.8 Å². The third-order valence-electron chi connectivity index (χ3n) is 8.78. The number of nitrogens with zero attached hydrogens (tertiary/aromatic N) is 3. The highest BCUT2D eigenvalue weighted by atomic mass is 16.1. The molecule has 4 fully saturated rings. The van der Waals surface area contributed by atoms with Crippen LogP contribution >= 0.6 is 0 Å². The molecule has 4 aliphatic rings. The van der Waals surface area contributed by atoms with E-state index in [4.69, 9.17) is 16.5 Å². The number of anilines is 2. The van der Waals surface area contributed by atoms with Crippen molar-refractivity contribution in [2.75, 3.05) is 17.6 Å². The van der Waals surface area contributed by atoms with E-state index >= 15 is 0 Å². The number of nitrogens with two attached hydrogens (primary N) is 2. The Labute approximate surface area is 202 Å². The molecule has 35 heavy (non-hydrogen) atoms. The SMILES string of the molecule is NC(=O)c1nnc2c(-c3ccc4nc(NCC5C6CC7CC(C6)CC5C7)[nH]c4c3)cccc2c1N. The fraction of sp³-hybridized carbons (Fsp3) is 0.407. The highest BCUT2D eigenvalue weighted by molar-refractivity contribution is 6.07. The van der Waals surface area contributed by atoms with Crippen LogP contribution in [0.2, 0.25) is 0 Å². The predicted octanol–water partition coefficient (Wildman–Crippen LogP) is 4.34. The van der Waals surface area contributed by atoms with E-state index < -0.39 is 5.91 Å². The van der Waals surface area contributed by atoms with Gasteiger partial charge in [-0.3, -0.25) is 4.79 Å². The van der Waals surface area contributed by atoms with Gasteiger partial charge in [0.05, 0.1) is 16.7 Å². The molecule has 0 saturated heterocycles. The van der Waals surface area contributed by atoms with Crippen LogP contribution < -0.4 is 16.8 Å². The Hall–Kier alpha value is -3.68. The van der Waals surface area contributed by atoms with Crippen LogP contribution in [0.3, 0.4) is 0 Å². The Morgan fingerprint density at radius 3 is 2.54 bits per heavy atom. The minimum atomic E-state index is -0.685. The summed E-state index contributed by atoms with van der Waals surface area (Å²) in [5, 5.41) is 12.5. The normalized spacial score (nSPS) is 27.0. The summed E-state index contributed by atoms with van der Waals surface area (Å²) < 4.78 is 0. The number of fused-ring (bicyclic) bond motifs is 2. The topological polar surface area (TPSA) is 136 Å². The number of hydrogen-bond acceptors (Lipinski definition) is 6. The predicted molar refractivity (Wildman–Crippen MR) is 137 cm³/mol. The summed E-state index contributed by atoms with van der Waals surface area (Å²) in [4.78, 5) is 19.9. The monoisotopic (exact) mass is 467 g/mol. The van der Waals surface area contributed by atoms with Crippen molar-refractivity contribution in [3.05, 3.63) is 42.1 Å². The number of nitrogens with one attached hydrogen (secondary N) is 2. The molecule has 0 spiro atoms. The minimum absolute atomic E-state index is 0.00600. The van der Waals surface area contributed by atoms with E-state index in [1.807, 2.05) is 30.3 Å². The molecule has 8 heteroatoms. The molecule has 2 aromatic heterocycles. The Balaban J connectivity index is 1.16. The second kappa shape index (κ2) is 7.66. The van der Waals surface area contributed by atoms with E-state index in [0.717, 1.165) is 64.2 Å². The molecule has 0 aliphatic heterocycles. The summed E-state index contributed by atoms with van der Waals surface area (Å²) in [6, 6.07) is 11.8. The van der Waals surface area contributed by atoms with Crippen LogP contribution in [0.25, 0.3) is 33.1 Å². The van der Waals surface area contributed by atoms with Crippen molar-refractivity contribution in [2.24, 2.45) is 35.3 Å². The largest absolute Gasteiger partial charge is 0.396 e. The highest BCUT2D eigenvalue weighted by Crippen LogP contribution is 2.56. The van der Waals surface area contributed by atoms with E-state index in [-0.39, 0.29) is 11.4 Å². The van der Waals surface area contributed by atoms with Crippen LogP contribution in [-0.4, -0.2) is 32.6 Å². The number of imidazole rings is 1. The van der Waals surface area contributed by atoms with Gasteiger partial charge in [0.1, 0.15) is 5.52 Å². The quantitative estimate of drug-likeness (QED) is 0.345. The van der Waals surface area contributed by atoms with E-state index in [1.54, 1.807) is 0 Å². The van der Waals surface area contributed by atoms with Crippen molar-refractivity contribution in [3.63, 3.8) is 0 Å². The van der Waals surface area contributed by atoms with Crippen molar-refractivity contribution < 1.29 is 4.79 Å². The minimum Gasteiger partial charge on any atom is -0.396 e. The number of hydrogen-bond donors (Lipinski definition) is 4. The van der Waals surface area contributed by atoms with Crippen molar-refractivity contribution >= 4 is 39.5 Å². The van der Waals surface area contributed by atoms with Crippen LogP contribution in [0.5, 0.6) is 0 Å². The summed E-state index contributed by atoms with van der Waals surface area (Å²) in [6.07, 6.45) is 7.22. The number of rotatable bonds is 5. The maximum Gasteiger partial charge on any atom is 0.271 e. The zero-order chi connectivity index (χ0) is 23.7. The molecule has 0 radical (unpaired) electrons. The lowest BCUT2D eigenvalue weighted by atomic mass is 9.52. The molecule has 4 aliphatic carbocycles. The lowest BCUT2D eigenvalue weighted by molar-refractivity contribution is -0.0305. The number of aromatic nitrogens is 4. The summed E-state index contributed by atoms with van der Waals surface area (Å²) >= 11 is 0. The lowest BCUT2D eigenvalue weighted by Gasteiger charge is -2.54. The van der Waals surface area contributed by atoms with Gasteiger partial charge in [-0.25, -0.2) is 4.98 Å². The molecule has 8 rings (SSSR count). The van der Waals surface area contributed by atoms with Crippen LogP contribution in [0, 0.1) is 29.6 Å². The van der Waals surface area contributed by atoms with Gasteiger partial charge in [-0.1, -0.05) is 24.3 Å². The Kier molecular flexibility index (Phi) is 4.53. The van der Waals surface area contributed by atoms with Gasteiger partial charge >= 0.3 is 0 Å². The maximum absolute atomic E-state index is 11.6. The molecule has 1 amide bonds. The zero-order valence-corrected chi connectivity index (χ0v) is 19.5. The molecule has 8 nitrogen and oxygen atoms in total. The smallest absolute Gasteiger partial charge is 0.271 e. The highest BCUT2D eigenvalue weighted by Gasteiger charge is 2.47. The second-order valence-corrected chi connectivity index (χ2v) is 10.8. The van der Waals surface area contributed by atoms with E-state index in [9.17, 15) is 4.79 Å². The molecule has 178 valence electrons. The molecule has 2 aromatic carbocycles. The van der Waals surface area contributed by atoms with Gasteiger partial charge in [-0.2, -0.15) is 0 Å². The number of carbonyl (C=O) groups excluding carboxylic acids is 1. The first-order valence-corrected chi connectivity index (χ1v) is 12.6. The second-order valence-electron chi connectivity index (χ2n) is 10.8. The molecule has 4 saturated carbocycles. The Morgan fingerprint density at radius 2 is 1.80 bits per heavy atom. The van der Waals surface area contributed by atoms with Gasteiger partial charge in [0.15, 0.2) is 5.69 Å². The van der Waals surface area contributed by atoms with Crippen LogP contribution in [0.15, 0.2) is 36.4 Å². The standard InChI is InChI=1S/C27H29N7O/c28-23-19-3-1-2-18(24(19)33-34-25(23)26(29)35)15-4-5-21-22(11-15)32-27(31-21)30-12-20-16-7-13-6-14(9-16)10-17(20)8-13/h1-5,11,13-14,16-17,20H,6-10,12H2,(H2,28,33)(H2,29,35)(H2,30,31,32). The fourth-order valence-corrected chi connectivity index (χ4v) is 7.41. The van der Waals surface area contributed by atoms with Crippen LogP contribution in [-0.2, 0) is 0 Å². The van der Waals surface area contributed by atoms with E-state index in [1.165, 1.54) is 32.1 Å². The van der Waals surface area contributed by atoms with Gasteiger partial charge in [0, 0.05) is 17.5 Å². The van der Waals surface area contributed by atoms with Gasteiger partial charge in [-0.15, -0.1) is 10.2 Å². The first kappa shape index (κ1) is 20.7. The number of amides is 1. The van der Waals surface area contributed by atoms with Crippen LogP contribution in [0.1, 0.15) is 42.6 Å². The molecule has 0 atom stereocenters. The third kappa shape index (κ3) is 3.34. The average molecular weight is 468 g/mol. The molecule has 6 N–H and O–H groups in total. The van der Waals surface area contributed by atoms with Gasteiger partial charge in [-0.05, 0) is 79.4 Å². The molecule has 4 aromatic rings. The summed E-state index contributed by atoms with van der Waals surface area (Å²) in [6.45, 7) is 1.00. The van der Waals surface area contributed by atoms with Crippen molar-refractivity contribution in [1.29, 1.82) is 0 Å². The number of benzene rings is 2. The zero-order valence-electron chi connectivity index (χ0n) is 19.5. The van der Waals surface area contributed by atoms with Gasteiger partial charge in [0.2, 0.25) is 5.95 Å². The van der Waals surface area contributed by atoms with Gasteiger partial charge in [0.25, 0.3) is 5.91 Å². The summed E-state index contributed by atoms with van der Waals surface area (Å²) in [5.41, 5.74) is 16.2. The summed E-state index contributed by atoms with van der Waals surface area (Å²) in [7, 11) is 0. The van der Waals surface area contributed by atoms with Crippen molar-refractivity contribution in [3.8, 4) is 11.1 Å².